The van der Waals surface area contributed by atoms with Gasteiger partial charge in [0.15, 0.2) is 0 Å². The molecule has 0 saturated heterocycles. The Morgan fingerprint density at radius 2 is 1.83 bits per heavy atom. The lowest BCUT2D eigenvalue weighted by molar-refractivity contribution is 0.102. The molecule has 0 unspecified atom stereocenters. The molecule has 0 bridgehead atoms. The quantitative estimate of drug-likeness (QED) is 0.787. The maximum Gasteiger partial charge on any atom is 0.255 e. The van der Waals surface area contributed by atoms with E-state index in [2.05, 4.69) is 16.6 Å². The molecule has 0 aliphatic heterocycles. The first-order valence-corrected chi connectivity index (χ1v) is 8.47. The fourth-order valence-corrected chi connectivity index (χ4v) is 2.92. The van der Waals surface area contributed by atoms with Crippen LogP contribution in [-0.2, 0) is 10.0 Å². The SMILES string of the molecule is C=CCNS(=O)(=O)c1ccc(C(=O)Nc2ccccc2C#N)cc1. The summed E-state index contributed by atoms with van der Waals surface area (Å²) < 4.78 is 26.2. The summed E-state index contributed by atoms with van der Waals surface area (Å²) in [4.78, 5) is 12.3. The van der Waals surface area contributed by atoms with Gasteiger partial charge in [-0.15, -0.1) is 6.58 Å². The number of para-hydroxylation sites is 1. The predicted octanol–water partition coefficient (Wildman–Crippen LogP) is 2.27. The standard InChI is InChI=1S/C17H15N3O3S/c1-2-11-19-24(22,23)15-9-7-13(8-10-15)17(21)20-16-6-4-3-5-14(16)12-18/h2-10,19H,1,11H2,(H,20,21). The largest absolute Gasteiger partial charge is 0.321 e. The lowest BCUT2D eigenvalue weighted by Crippen LogP contribution is -2.23. The molecule has 24 heavy (non-hydrogen) atoms. The van der Waals surface area contributed by atoms with Crippen LogP contribution in [0, 0.1) is 11.3 Å². The molecule has 0 saturated carbocycles. The summed E-state index contributed by atoms with van der Waals surface area (Å²) in [6.07, 6.45) is 1.44. The summed E-state index contributed by atoms with van der Waals surface area (Å²) in [6.45, 7) is 3.57. The van der Waals surface area contributed by atoms with Gasteiger partial charge in [0.05, 0.1) is 16.1 Å². The van der Waals surface area contributed by atoms with Gasteiger partial charge >= 0.3 is 0 Å². The van der Waals surface area contributed by atoms with Crippen molar-refractivity contribution >= 4 is 21.6 Å². The minimum atomic E-state index is -3.63. The van der Waals surface area contributed by atoms with Crippen molar-refractivity contribution in [1.29, 1.82) is 5.26 Å². The minimum absolute atomic E-state index is 0.0540. The number of hydrogen-bond donors (Lipinski definition) is 2. The Balaban J connectivity index is 2.17. The van der Waals surface area contributed by atoms with Crippen molar-refractivity contribution in [2.45, 2.75) is 4.90 Å². The van der Waals surface area contributed by atoms with E-state index in [0.29, 0.717) is 11.3 Å². The monoisotopic (exact) mass is 341 g/mol. The van der Waals surface area contributed by atoms with Crippen molar-refractivity contribution in [3.63, 3.8) is 0 Å². The van der Waals surface area contributed by atoms with Crippen LogP contribution in [0.2, 0.25) is 0 Å². The Morgan fingerprint density at radius 3 is 2.46 bits per heavy atom. The van der Waals surface area contributed by atoms with Crippen LogP contribution in [0.15, 0.2) is 66.1 Å². The normalized spacial score (nSPS) is 10.6. The second kappa shape index (κ2) is 7.55. The van der Waals surface area contributed by atoms with Gasteiger partial charge in [0.1, 0.15) is 6.07 Å². The van der Waals surface area contributed by atoms with E-state index in [4.69, 9.17) is 5.26 Å². The summed E-state index contributed by atoms with van der Waals surface area (Å²) in [5, 5.41) is 11.6. The number of rotatable bonds is 6. The molecule has 0 heterocycles. The van der Waals surface area contributed by atoms with Gasteiger partial charge in [0, 0.05) is 12.1 Å². The van der Waals surface area contributed by atoms with E-state index in [9.17, 15) is 13.2 Å². The molecule has 2 N–H and O–H groups in total. The molecule has 0 atom stereocenters. The fraction of sp³-hybridized carbons (Fsp3) is 0.0588. The van der Waals surface area contributed by atoms with Gasteiger partial charge in [-0.1, -0.05) is 18.2 Å². The van der Waals surface area contributed by atoms with Gasteiger partial charge in [0.25, 0.3) is 5.91 Å². The molecule has 6 nitrogen and oxygen atoms in total. The number of carbonyl (C=O) groups is 1. The Morgan fingerprint density at radius 1 is 1.17 bits per heavy atom. The average Bonchev–Trinajstić information content (AvgIpc) is 2.60. The molecular formula is C17H15N3O3S. The van der Waals surface area contributed by atoms with Crippen LogP contribution in [0.1, 0.15) is 15.9 Å². The van der Waals surface area contributed by atoms with Crippen molar-refractivity contribution in [3.05, 3.63) is 72.3 Å². The molecule has 0 spiro atoms. The third-order valence-corrected chi connectivity index (χ3v) is 4.58. The first-order valence-electron chi connectivity index (χ1n) is 6.99. The van der Waals surface area contributed by atoms with Crippen molar-refractivity contribution < 1.29 is 13.2 Å². The smallest absolute Gasteiger partial charge is 0.255 e. The number of carbonyl (C=O) groups excluding carboxylic acids is 1. The molecular weight excluding hydrogens is 326 g/mol. The van der Waals surface area contributed by atoms with Crippen LogP contribution < -0.4 is 10.0 Å². The first-order chi connectivity index (χ1) is 11.5. The highest BCUT2D eigenvalue weighted by Crippen LogP contribution is 2.16. The highest BCUT2D eigenvalue weighted by atomic mass is 32.2. The summed E-state index contributed by atoms with van der Waals surface area (Å²) in [5.74, 6) is -0.430. The maximum absolute atomic E-state index is 12.2. The molecule has 2 aromatic rings. The summed E-state index contributed by atoms with van der Waals surface area (Å²) in [6, 6.07) is 14.1. The predicted molar refractivity (Wildman–Crippen MR) is 90.9 cm³/mol. The van der Waals surface area contributed by atoms with Crippen molar-refractivity contribution in [2.24, 2.45) is 0 Å². The Kier molecular flexibility index (Phi) is 5.47. The average molecular weight is 341 g/mol. The van der Waals surface area contributed by atoms with Crippen molar-refractivity contribution in [3.8, 4) is 6.07 Å². The molecule has 0 aliphatic carbocycles. The summed E-state index contributed by atoms with van der Waals surface area (Å²) in [5.41, 5.74) is 1.03. The van der Waals surface area contributed by atoms with Gasteiger partial charge in [0.2, 0.25) is 10.0 Å². The third kappa shape index (κ3) is 4.07. The molecule has 122 valence electrons. The highest BCUT2D eigenvalue weighted by Gasteiger charge is 2.14. The Bertz CT molecular complexity index is 897. The van der Waals surface area contributed by atoms with Crippen LogP contribution in [0.5, 0.6) is 0 Å². The molecule has 0 aromatic heterocycles. The zero-order valence-electron chi connectivity index (χ0n) is 12.7. The topological polar surface area (TPSA) is 99.1 Å². The number of amides is 1. The minimum Gasteiger partial charge on any atom is -0.321 e. The number of sulfonamides is 1. The van der Waals surface area contributed by atoms with Crippen LogP contribution in [0.3, 0.4) is 0 Å². The second-order valence-electron chi connectivity index (χ2n) is 4.78. The van der Waals surface area contributed by atoms with Gasteiger partial charge < -0.3 is 5.32 Å². The Hall–Kier alpha value is -2.95. The van der Waals surface area contributed by atoms with E-state index < -0.39 is 15.9 Å². The van der Waals surface area contributed by atoms with Gasteiger partial charge in [-0.05, 0) is 36.4 Å². The van der Waals surface area contributed by atoms with E-state index in [0.717, 1.165) is 0 Å². The Labute approximate surface area is 140 Å². The molecule has 0 aliphatic rings. The molecule has 0 radical (unpaired) electrons. The summed E-state index contributed by atoms with van der Waals surface area (Å²) >= 11 is 0. The van der Waals surface area contributed by atoms with Gasteiger partial charge in [-0.2, -0.15) is 5.26 Å². The number of hydrogen-bond acceptors (Lipinski definition) is 4. The lowest BCUT2D eigenvalue weighted by Gasteiger charge is -2.08. The van der Waals surface area contributed by atoms with Crippen LogP contribution in [0.25, 0.3) is 0 Å². The van der Waals surface area contributed by atoms with E-state index in [1.807, 2.05) is 6.07 Å². The second-order valence-corrected chi connectivity index (χ2v) is 6.54. The maximum atomic E-state index is 12.2. The van der Waals surface area contributed by atoms with Crippen LogP contribution >= 0.6 is 0 Å². The lowest BCUT2D eigenvalue weighted by atomic mass is 10.1. The molecule has 7 heteroatoms. The number of anilines is 1. The molecule has 0 fully saturated rings. The zero-order chi connectivity index (χ0) is 17.6. The summed E-state index contributed by atoms with van der Waals surface area (Å²) in [7, 11) is -3.63. The van der Waals surface area contributed by atoms with Crippen molar-refractivity contribution in [1.82, 2.24) is 4.72 Å². The number of nitrogens with one attached hydrogen (secondary N) is 2. The number of nitrogens with zero attached hydrogens (tertiary/aromatic N) is 1. The fourth-order valence-electron chi connectivity index (χ4n) is 1.92. The van der Waals surface area contributed by atoms with E-state index in [1.165, 1.54) is 30.3 Å². The van der Waals surface area contributed by atoms with E-state index >= 15 is 0 Å². The van der Waals surface area contributed by atoms with Crippen LogP contribution in [0.4, 0.5) is 5.69 Å². The van der Waals surface area contributed by atoms with Gasteiger partial charge in [-0.25, -0.2) is 13.1 Å². The first kappa shape index (κ1) is 17.4. The number of benzene rings is 2. The zero-order valence-corrected chi connectivity index (χ0v) is 13.5. The van der Waals surface area contributed by atoms with E-state index in [-0.39, 0.29) is 17.0 Å². The third-order valence-electron chi connectivity index (χ3n) is 3.14. The molecule has 2 aromatic carbocycles. The number of nitriles is 1. The highest BCUT2D eigenvalue weighted by molar-refractivity contribution is 7.89. The van der Waals surface area contributed by atoms with E-state index in [1.54, 1.807) is 24.3 Å². The van der Waals surface area contributed by atoms with Crippen LogP contribution in [-0.4, -0.2) is 20.9 Å². The molecule has 1 amide bonds. The van der Waals surface area contributed by atoms with Crippen molar-refractivity contribution in [2.75, 3.05) is 11.9 Å². The van der Waals surface area contributed by atoms with Gasteiger partial charge in [-0.3, -0.25) is 4.79 Å². The molecule has 2 rings (SSSR count).